The molecule has 1 fully saturated rings. The highest BCUT2D eigenvalue weighted by molar-refractivity contribution is 7.14. The Balaban J connectivity index is 2.12. The average Bonchev–Trinajstić information content (AvgIpc) is 3.06. The Morgan fingerprint density at radius 1 is 1.38 bits per heavy atom. The summed E-state index contributed by atoms with van der Waals surface area (Å²) in [5.41, 5.74) is 5.24. The molecule has 1 heterocycles. The number of amides is 3. The van der Waals surface area contributed by atoms with Crippen LogP contribution in [0.2, 0.25) is 0 Å². The molecule has 0 aliphatic heterocycles. The van der Waals surface area contributed by atoms with Gasteiger partial charge in [-0.2, -0.15) is 0 Å². The normalized spacial score (nSPS) is 14.9. The number of urea groups is 1. The maximum absolute atomic E-state index is 12.3. The molecular weight excluding hydrogens is 294 g/mol. The summed E-state index contributed by atoms with van der Waals surface area (Å²) in [6.07, 6.45) is 3.67. The van der Waals surface area contributed by atoms with E-state index < -0.39 is 17.9 Å². The first-order valence-corrected chi connectivity index (χ1v) is 7.53. The molecule has 4 N–H and O–H groups in total. The van der Waals surface area contributed by atoms with Gasteiger partial charge in [-0.25, -0.2) is 9.59 Å². The topological polar surface area (TPSA) is 113 Å². The minimum atomic E-state index is -1.10. The van der Waals surface area contributed by atoms with Crippen molar-refractivity contribution < 1.29 is 19.5 Å². The second-order valence-corrected chi connectivity index (χ2v) is 5.85. The van der Waals surface area contributed by atoms with E-state index in [0.717, 1.165) is 37.0 Å². The second kappa shape index (κ2) is 6.57. The van der Waals surface area contributed by atoms with Crippen LogP contribution < -0.4 is 11.1 Å². The van der Waals surface area contributed by atoms with Crippen molar-refractivity contribution in [3.05, 3.63) is 17.0 Å². The van der Waals surface area contributed by atoms with E-state index in [1.807, 2.05) is 0 Å². The Morgan fingerprint density at radius 2 is 2.05 bits per heavy atom. The predicted molar refractivity (Wildman–Crippen MR) is 78.5 cm³/mol. The average molecular weight is 311 g/mol. The molecule has 21 heavy (non-hydrogen) atoms. The fourth-order valence-electron chi connectivity index (χ4n) is 2.49. The highest BCUT2D eigenvalue weighted by atomic mass is 32.1. The fraction of sp³-hybridized carbons (Fsp3) is 0.462. The van der Waals surface area contributed by atoms with Gasteiger partial charge >= 0.3 is 12.0 Å². The number of hydrogen-bond acceptors (Lipinski definition) is 4. The number of anilines is 1. The molecule has 0 spiro atoms. The summed E-state index contributed by atoms with van der Waals surface area (Å²) in [6.45, 7) is -0.162. The molecule has 114 valence electrons. The lowest BCUT2D eigenvalue weighted by Crippen LogP contribution is -2.46. The summed E-state index contributed by atoms with van der Waals surface area (Å²) >= 11 is 1.13. The first-order chi connectivity index (χ1) is 9.99. The lowest BCUT2D eigenvalue weighted by atomic mass is 10.2. The smallest absolute Gasteiger partial charge is 0.338 e. The highest BCUT2D eigenvalue weighted by Crippen LogP contribution is 2.26. The molecule has 1 saturated carbocycles. The number of primary amides is 1. The van der Waals surface area contributed by atoms with Gasteiger partial charge in [0.15, 0.2) is 0 Å². The maximum Gasteiger partial charge on any atom is 0.338 e. The minimum absolute atomic E-state index is 0.0225. The largest absolute Gasteiger partial charge is 0.478 e. The number of nitrogens with two attached hydrogens (primary N) is 1. The van der Waals surface area contributed by atoms with Crippen molar-refractivity contribution in [1.29, 1.82) is 0 Å². The van der Waals surface area contributed by atoms with Gasteiger partial charge in [0.2, 0.25) is 5.91 Å². The quantitative estimate of drug-likeness (QED) is 0.768. The van der Waals surface area contributed by atoms with Crippen molar-refractivity contribution in [1.82, 2.24) is 4.90 Å². The van der Waals surface area contributed by atoms with Crippen molar-refractivity contribution in [2.45, 2.75) is 31.7 Å². The lowest BCUT2D eigenvalue weighted by Gasteiger charge is -2.27. The van der Waals surface area contributed by atoms with Crippen molar-refractivity contribution in [2.75, 3.05) is 11.9 Å². The van der Waals surface area contributed by atoms with Crippen molar-refractivity contribution in [2.24, 2.45) is 5.73 Å². The molecule has 0 aromatic carbocycles. The zero-order valence-electron chi connectivity index (χ0n) is 11.4. The summed E-state index contributed by atoms with van der Waals surface area (Å²) in [6, 6.07) is 0.924. The van der Waals surface area contributed by atoms with Crippen LogP contribution in [0.15, 0.2) is 11.4 Å². The van der Waals surface area contributed by atoms with Gasteiger partial charge in [0.05, 0.1) is 5.56 Å². The minimum Gasteiger partial charge on any atom is -0.478 e. The van der Waals surface area contributed by atoms with Crippen LogP contribution in [-0.2, 0) is 4.79 Å². The number of nitrogens with one attached hydrogen (secondary N) is 1. The molecule has 0 atom stereocenters. The first kappa shape index (κ1) is 15.3. The summed E-state index contributed by atoms with van der Waals surface area (Å²) in [5, 5.41) is 13.5. The third-order valence-corrected chi connectivity index (χ3v) is 4.30. The van der Waals surface area contributed by atoms with Gasteiger partial charge in [-0.15, -0.1) is 11.3 Å². The molecule has 0 radical (unpaired) electrons. The highest BCUT2D eigenvalue weighted by Gasteiger charge is 2.28. The van der Waals surface area contributed by atoms with Gasteiger partial charge in [-0.05, 0) is 24.3 Å². The SMILES string of the molecule is NC(=O)CN(C(=O)Nc1sccc1C(=O)O)C1CCCC1. The van der Waals surface area contributed by atoms with Gasteiger partial charge in [0, 0.05) is 6.04 Å². The summed E-state index contributed by atoms with van der Waals surface area (Å²) in [4.78, 5) is 35.9. The fourth-order valence-corrected chi connectivity index (χ4v) is 3.26. The van der Waals surface area contributed by atoms with Gasteiger partial charge in [-0.3, -0.25) is 10.1 Å². The van der Waals surface area contributed by atoms with Crippen LogP contribution in [-0.4, -0.2) is 40.5 Å². The number of aromatic carboxylic acids is 1. The molecule has 1 aliphatic carbocycles. The molecule has 0 unspecified atom stereocenters. The second-order valence-electron chi connectivity index (χ2n) is 4.93. The van der Waals surface area contributed by atoms with Crippen LogP contribution in [0.4, 0.5) is 9.80 Å². The Hall–Kier alpha value is -2.09. The predicted octanol–water partition coefficient (Wildman–Crippen LogP) is 1.71. The van der Waals surface area contributed by atoms with Crippen molar-refractivity contribution in [3.63, 3.8) is 0 Å². The van der Waals surface area contributed by atoms with Crippen LogP contribution in [0.1, 0.15) is 36.0 Å². The van der Waals surface area contributed by atoms with Crippen LogP contribution in [0.25, 0.3) is 0 Å². The summed E-state index contributed by atoms with van der Waals surface area (Å²) in [7, 11) is 0. The van der Waals surface area contributed by atoms with Gasteiger partial charge in [-0.1, -0.05) is 12.8 Å². The number of nitrogens with zero attached hydrogens (tertiary/aromatic N) is 1. The number of carboxylic acids is 1. The van der Waals surface area contributed by atoms with E-state index >= 15 is 0 Å². The Morgan fingerprint density at radius 3 is 2.62 bits per heavy atom. The number of carbonyl (C=O) groups is 3. The molecule has 2 rings (SSSR count). The summed E-state index contributed by atoms with van der Waals surface area (Å²) < 4.78 is 0. The number of thiophene rings is 1. The van der Waals surface area contributed by atoms with E-state index in [-0.39, 0.29) is 23.2 Å². The van der Waals surface area contributed by atoms with E-state index in [4.69, 9.17) is 10.8 Å². The van der Waals surface area contributed by atoms with E-state index in [0.29, 0.717) is 0 Å². The van der Waals surface area contributed by atoms with Gasteiger partial charge < -0.3 is 15.7 Å². The number of carbonyl (C=O) groups excluding carboxylic acids is 2. The monoisotopic (exact) mass is 311 g/mol. The van der Waals surface area contributed by atoms with E-state index in [1.165, 1.54) is 11.0 Å². The zero-order valence-corrected chi connectivity index (χ0v) is 12.2. The van der Waals surface area contributed by atoms with Crippen LogP contribution in [0, 0.1) is 0 Å². The Kier molecular flexibility index (Phi) is 4.79. The molecule has 1 aromatic heterocycles. The Labute approximate surface area is 125 Å². The maximum atomic E-state index is 12.3. The number of rotatable bonds is 5. The van der Waals surface area contributed by atoms with Crippen LogP contribution in [0.5, 0.6) is 0 Å². The van der Waals surface area contributed by atoms with E-state index in [2.05, 4.69) is 5.32 Å². The first-order valence-electron chi connectivity index (χ1n) is 6.65. The molecule has 1 aromatic rings. The molecule has 0 bridgehead atoms. The standard InChI is InChI=1S/C13H17N3O4S/c14-10(17)7-16(8-3-1-2-4-8)13(20)15-11-9(12(18)19)5-6-21-11/h5-6,8H,1-4,7H2,(H2,14,17)(H,15,20)(H,18,19). The van der Waals surface area contributed by atoms with Crippen molar-refractivity contribution >= 4 is 34.2 Å². The molecular formula is C13H17N3O4S. The van der Waals surface area contributed by atoms with Crippen LogP contribution in [0.3, 0.4) is 0 Å². The molecule has 1 aliphatic rings. The molecule has 7 nitrogen and oxygen atoms in total. The van der Waals surface area contributed by atoms with Gasteiger partial charge in [0.25, 0.3) is 0 Å². The molecule has 0 saturated heterocycles. The molecule has 8 heteroatoms. The zero-order chi connectivity index (χ0) is 15.4. The Bertz CT molecular complexity index is 551. The van der Waals surface area contributed by atoms with E-state index in [1.54, 1.807) is 5.38 Å². The van der Waals surface area contributed by atoms with Crippen molar-refractivity contribution in [3.8, 4) is 0 Å². The summed E-state index contributed by atoms with van der Waals surface area (Å²) in [5.74, 6) is -1.68. The van der Waals surface area contributed by atoms with Gasteiger partial charge in [0.1, 0.15) is 11.5 Å². The van der Waals surface area contributed by atoms with Crippen LogP contribution >= 0.6 is 11.3 Å². The lowest BCUT2D eigenvalue weighted by molar-refractivity contribution is -0.118. The third-order valence-electron chi connectivity index (χ3n) is 3.47. The third kappa shape index (κ3) is 3.72. The molecule has 3 amide bonds. The van der Waals surface area contributed by atoms with E-state index in [9.17, 15) is 14.4 Å². The number of hydrogen-bond donors (Lipinski definition) is 3. The number of carboxylic acid groups (broad SMARTS) is 1.